The maximum absolute atomic E-state index is 12.2. The number of hydrogen-bond donors (Lipinski definition) is 0. The number of carbonyl (C=O) groups excluding carboxylic acids is 1. The molecule has 1 heteroatoms. The Hall–Kier alpha value is -1.89. The van der Waals surface area contributed by atoms with Crippen LogP contribution < -0.4 is 0 Å². The van der Waals surface area contributed by atoms with Crippen molar-refractivity contribution in [2.45, 2.75) is 33.6 Å². The van der Waals surface area contributed by atoms with Crippen LogP contribution in [-0.4, -0.2) is 5.78 Å². The molecule has 0 bridgehead atoms. The number of aryl methyl sites for hydroxylation is 4. The van der Waals surface area contributed by atoms with Gasteiger partial charge in [0.15, 0.2) is 5.78 Å². The fourth-order valence-corrected chi connectivity index (χ4v) is 2.24. The number of rotatable bonds is 4. The van der Waals surface area contributed by atoms with E-state index in [4.69, 9.17) is 0 Å². The summed E-state index contributed by atoms with van der Waals surface area (Å²) >= 11 is 0. The van der Waals surface area contributed by atoms with Crippen molar-refractivity contribution in [1.29, 1.82) is 0 Å². The normalized spacial score (nSPS) is 10.5. The lowest BCUT2D eigenvalue weighted by Gasteiger charge is -2.06. The molecule has 98 valence electrons. The molecule has 0 aliphatic heterocycles. The minimum atomic E-state index is 0.233. The van der Waals surface area contributed by atoms with Crippen LogP contribution >= 0.6 is 0 Å². The van der Waals surface area contributed by atoms with Crippen molar-refractivity contribution in [2.24, 2.45) is 0 Å². The molecule has 0 spiro atoms. The fraction of sp³-hybridized carbons (Fsp3) is 0.278. The van der Waals surface area contributed by atoms with E-state index in [1.54, 1.807) is 0 Å². The van der Waals surface area contributed by atoms with Crippen molar-refractivity contribution < 1.29 is 4.79 Å². The van der Waals surface area contributed by atoms with Crippen LogP contribution in [0.15, 0.2) is 42.5 Å². The second-order valence-electron chi connectivity index (χ2n) is 5.16. The summed E-state index contributed by atoms with van der Waals surface area (Å²) in [5, 5.41) is 0. The molecule has 0 radical (unpaired) electrons. The highest BCUT2D eigenvalue weighted by atomic mass is 16.1. The molecule has 0 amide bonds. The minimum Gasteiger partial charge on any atom is -0.294 e. The Kier molecular flexibility index (Phi) is 4.16. The van der Waals surface area contributed by atoms with Gasteiger partial charge in [0.05, 0.1) is 0 Å². The molecule has 0 saturated carbocycles. The summed E-state index contributed by atoms with van der Waals surface area (Å²) in [7, 11) is 0. The topological polar surface area (TPSA) is 17.1 Å². The maximum Gasteiger partial charge on any atom is 0.163 e. The van der Waals surface area contributed by atoms with Crippen LogP contribution in [0.25, 0.3) is 0 Å². The van der Waals surface area contributed by atoms with E-state index < -0.39 is 0 Å². The Bertz CT molecular complexity index is 596. The molecular formula is C18H20O. The second-order valence-corrected chi connectivity index (χ2v) is 5.16. The van der Waals surface area contributed by atoms with Crippen LogP contribution in [0, 0.1) is 20.8 Å². The average molecular weight is 252 g/mol. The highest BCUT2D eigenvalue weighted by molar-refractivity contribution is 5.97. The van der Waals surface area contributed by atoms with Gasteiger partial charge in [-0.3, -0.25) is 4.79 Å². The monoisotopic (exact) mass is 252 g/mol. The molecule has 0 aliphatic carbocycles. The summed E-state index contributed by atoms with van der Waals surface area (Å²) in [6.45, 7) is 6.21. The van der Waals surface area contributed by atoms with Crippen molar-refractivity contribution in [2.75, 3.05) is 0 Å². The van der Waals surface area contributed by atoms with E-state index in [2.05, 4.69) is 32.0 Å². The number of benzene rings is 2. The quantitative estimate of drug-likeness (QED) is 0.736. The number of hydrogen-bond acceptors (Lipinski definition) is 1. The van der Waals surface area contributed by atoms with Crippen LogP contribution in [0.1, 0.15) is 39.0 Å². The number of carbonyl (C=O) groups is 1. The average Bonchev–Trinajstić information content (AvgIpc) is 2.40. The SMILES string of the molecule is Cc1ccc(CCC(=O)c2ccccc2C)cc1C. The maximum atomic E-state index is 12.2. The molecule has 0 N–H and O–H groups in total. The predicted octanol–water partition coefficient (Wildman–Crippen LogP) is 4.43. The lowest BCUT2D eigenvalue weighted by atomic mass is 9.98. The third-order valence-electron chi connectivity index (χ3n) is 3.66. The zero-order chi connectivity index (χ0) is 13.8. The number of ketones is 1. The first kappa shape index (κ1) is 13.5. The van der Waals surface area contributed by atoms with Gasteiger partial charge in [-0.2, -0.15) is 0 Å². The van der Waals surface area contributed by atoms with Gasteiger partial charge in [-0.25, -0.2) is 0 Å². The zero-order valence-electron chi connectivity index (χ0n) is 11.9. The summed E-state index contributed by atoms with van der Waals surface area (Å²) in [6.07, 6.45) is 1.39. The van der Waals surface area contributed by atoms with Crippen molar-refractivity contribution >= 4 is 5.78 Å². The van der Waals surface area contributed by atoms with E-state index in [1.807, 2.05) is 31.2 Å². The standard InChI is InChI=1S/C18H20O/c1-13-8-9-16(12-15(13)3)10-11-18(19)17-7-5-4-6-14(17)2/h4-9,12H,10-11H2,1-3H3. The van der Waals surface area contributed by atoms with Crippen LogP contribution in [0.3, 0.4) is 0 Å². The van der Waals surface area contributed by atoms with Crippen molar-refractivity contribution in [3.63, 3.8) is 0 Å². The molecule has 0 aliphatic rings. The van der Waals surface area contributed by atoms with Gasteiger partial charge in [-0.05, 0) is 49.4 Å². The molecule has 0 heterocycles. The molecule has 0 aromatic heterocycles. The molecule has 1 nitrogen and oxygen atoms in total. The summed E-state index contributed by atoms with van der Waals surface area (Å²) in [4.78, 5) is 12.2. The Morgan fingerprint density at radius 2 is 1.63 bits per heavy atom. The van der Waals surface area contributed by atoms with Crippen molar-refractivity contribution in [1.82, 2.24) is 0 Å². The largest absolute Gasteiger partial charge is 0.294 e. The molecule has 2 aromatic carbocycles. The minimum absolute atomic E-state index is 0.233. The van der Waals surface area contributed by atoms with Gasteiger partial charge < -0.3 is 0 Å². The Morgan fingerprint density at radius 1 is 0.895 bits per heavy atom. The van der Waals surface area contributed by atoms with Gasteiger partial charge >= 0.3 is 0 Å². The lowest BCUT2D eigenvalue weighted by molar-refractivity contribution is 0.0982. The van der Waals surface area contributed by atoms with E-state index in [0.717, 1.165) is 17.5 Å². The van der Waals surface area contributed by atoms with E-state index in [0.29, 0.717) is 6.42 Å². The zero-order valence-corrected chi connectivity index (χ0v) is 11.9. The van der Waals surface area contributed by atoms with Crippen LogP contribution in [0.5, 0.6) is 0 Å². The molecule has 19 heavy (non-hydrogen) atoms. The Morgan fingerprint density at radius 3 is 2.32 bits per heavy atom. The predicted molar refractivity (Wildman–Crippen MR) is 79.7 cm³/mol. The first-order valence-electron chi connectivity index (χ1n) is 6.73. The number of Topliss-reactive ketones (excluding diaryl/α,β-unsaturated/α-hetero) is 1. The van der Waals surface area contributed by atoms with Gasteiger partial charge in [0, 0.05) is 12.0 Å². The molecule has 0 atom stereocenters. The third-order valence-corrected chi connectivity index (χ3v) is 3.66. The first-order chi connectivity index (χ1) is 9.08. The van der Waals surface area contributed by atoms with E-state index in [-0.39, 0.29) is 5.78 Å². The van der Waals surface area contributed by atoms with E-state index in [9.17, 15) is 4.79 Å². The Balaban J connectivity index is 2.04. The van der Waals surface area contributed by atoms with E-state index >= 15 is 0 Å². The van der Waals surface area contributed by atoms with Crippen molar-refractivity contribution in [3.8, 4) is 0 Å². The van der Waals surface area contributed by atoms with Crippen LogP contribution in [-0.2, 0) is 6.42 Å². The van der Waals surface area contributed by atoms with Gasteiger partial charge in [0.2, 0.25) is 0 Å². The molecule has 2 rings (SSSR count). The molecule has 2 aromatic rings. The summed E-state index contributed by atoms with van der Waals surface area (Å²) < 4.78 is 0. The second kappa shape index (κ2) is 5.83. The summed E-state index contributed by atoms with van der Waals surface area (Å²) in [5.74, 6) is 0.233. The molecule has 0 saturated heterocycles. The van der Waals surface area contributed by atoms with E-state index in [1.165, 1.54) is 16.7 Å². The Labute approximate surface area is 115 Å². The lowest BCUT2D eigenvalue weighted by Crippen LogP contribution is -2.03. The molecule has 0 unspecified atom stereocenters. The van der Waals surface area contributed by atoms with Crippen LogP contribution in [0.4, 0.5) is 0 Å². The first-order valence-corrected chi connectivity index (χ1v) is 6.73. The van der Waals surface area contributed by atoms with Gasteiger partial charge in [-0.15, -0.1) is 0 Å². The highest BCUT2D eigenvalue weighted by Gasteiger charge is 2.08. The molecular weight excluding hydrogens is 232 g/mol. The smallest absolute Gasteiger partial charge is 0.163 e. The summed E-state index contributed by atoms with van der Waals surface area (Å²) in [5.41, 5.74) is 5.75. The van der Waals surface area contributed by atoms with Gasteiger partial charge in [0.25, 0.3) is 0 Å². The van der Waals surface area contributed by atoms with Crippen molar-refractivity contribution in [3.05, 3.63) is 70.3 Å². The van der Waals surface area contributed by atoms with Crippen LogP contribution in [0.2, 0.25) is 0 Å². The summed E-state index contributed by atoms with van der Waals surface area (Å²) in [6, 6.07) is 14.2. The highest BCUT2D eigenvalue weighted by Crippen LogP contribution is 2.15. The van der Waals surface area contributed by atoms with Gasteiger partial charge in [-0.1, -0.05) is 42.5 Å². The van der Waals surface area contributed by atoms with Gasteiger partial charge in [0.1, 0.15) is 0 Å². The third kappa shape index (κ3) is 3.31. The molecule has 0 fully saturated rings. The fourth-order valence-electron chi connectivity index (χ4n) is 2.24.